The number of nitrogens with zero attached hydrogens (tertiary/aromatic N) is 1. The first-order valence-corrected chi connectivity index (χ1v) is 11.5. The van der Waals surface area contributed by atoms with Crippen molar-refractivity contribution in [2.75, 3.05) is 27.4 Å². The smallest absolute Gasteiger partial charge is 0.407 e. The van der Waals surface area contributed by atoms with Gasteiger partial charge in [0.15, 0.2) is 0 Å². The maximum atomic E-state index is 13.2. The number of carbonyl (C=O) groups excluding carboxylic acids is 2. The molecule has 0 radical (unpaired) electrons. The second-order valence-electron chi connectivity index (χ2n) is 8.92. The minimum atomic E-state index is -1.26. The van der Waals surface area contributed by atoms with Crippen LogP contribution in [0, 0.1) is 0 Å². The van der Waals surface area contributed by atoms with Crippen LogP contribution in [0.3, 0.4) is 0 Å². The average molecular weight is 467 g/mol. The highest BCUT2D eigenvalue weighted by molar-refractivity contribution is 5.91. The van der Waals surface area contributed by atoms with Crippen LogP contribution in [-0.2, 0) is 19.1 Å². The zero-order valence-electron chi connectivity index (χ0n) is 19.5. The number of hydrogen-bond acceptors (Lipinski definition) is 5. The first-order valence-electron chi connectivity index (χ1n) is 11.5. The number of carbonyl (C=O) groups is 3. The largest absolute Gasteiger partial charge is 0.479 e. The van der Waals surface area contributed by atoms with E-state index in [4.69, 9.17) is 9.47 Å². The summed E-state index contributed by atoms with van der Waals surface area (Å²) in [5, 5.41) is 12.4. The maximum absolute atomic E-state index is 13.2. The highest BCUT2D eigenvalue weighted by Crippen LogP contribution is 2.44. The summed E-state index contributed by atoms with van der Waals surface area (Å²) in [6, 6.07) is 15.0. The standard InChI is InChI=1S/C26H30N2O6/c1-28(26(24(30)31)13-7-8-14-26)23(29)22(16-33-2)27-25(32)34-15-21-19-11-5-3-9-17(19)18-10-4-6-12-20(18)21/h3-6,9-12,21-22H,7-8,13-16H2,1-2H3,(H,27,32)(H,30,31)/t22-/m0/s1. The Labute approximate surface area is 198 Å². The van der Waals surface area contributed by atoms with Gasteiger partial charge in [0.1, 0.15) is 18.2 Å². The Morgan fingerprint density at radius 1 is 1.06 bits per heavy atom. The van der Waals surface area contributed by atoms with Crippen LogP contribution in [0.2, 0.25) is 0 Å². The fourth-order valence-corrected chi connectivity index (χ4v) is 5.22. The summed E-state index contributed by atoms with van der Waals surface area (Å²) in [7, 11) is 2.89. The van der Waals surface area contributed by atoms with Crippen LogP contribution in [0.1, 0.15) is 42.7 Å². The van der Waals surface area contributed by atoms with Crippen LogP contribution in [0.15, 0.2) is 48.5 Å². The second kappa shape index (κ2) is 9.85. The van der Waals surface area contributed by atoms with Gasteiger partial charge in [0.25, 0.3) is 0 Å². The van der Waals surface area contributed by atoms with Gasteiger partial charge in [0, 0.05) is 20.1 Å². The molecular formula is C26H30N2O6. The molecule has 1 fully saturated rings. The lowest BCUT2D eigenvalue weighted by Crippen LogP contribution is -2.59. The van der Waals surface area contributed by atoms with E-state index in [9.17, 15) is 19.5 Å². The van der Waals surface area contributed by atoms with Gasteiger partial charge in [-0.1, -0.05) is 61.4 Å². The van der Waals surface area contributed by atoms with E-state index >= 15 is 0 Å². The van der Waals surface area contributed by atoms with Crippen molar-refractivity contribution >= 4 is 18.0 Å². The molecule has 2 aromatic rings. The van der Waals surface area contributed by atoms with E-state index < -0.39 is 29.6 Å². The molecule has 0 aliphatic heterocycles. The molecular weight excluding hydrogens is 436 g/mol. The van der Waals surface area contributed by atoms with Crippen molar-refractivity contribution in [3.05, 3.63) is 59.7 Å². The number of alkyl carbamates (subject to hydrolysis) is 1. The third kappa shape index (κ3) is 4.25. The zero-order valence-corrected chi connectivity index (χ0v) is 19.5. The first-order chi connectivity index (χ1) is 16.4. The number of amides is 2. The monoisotopic (exact) mass is 466 g/mol. The molecule has 8 nitrogen and oxygen atoms in total. The molecule has 0 bridgehead atoms. The highest BCUT2D eigenvalue weighted by Gasteiger charge is 2.48. The van der Waals surface area contributed by atoms with Crippen molar-refractivity contribution in [3.8, 4) is 11.1 Å². The number of aliphatic carboxylic acids is 1. The lowest BCUT2D eigenvalue weighted by Gasteiger charge is -2.36. The van der Waals surface area contributed by atoms with Crippen LogP contribution in [0.5, 0.6) is 0 Å². The number of methoxy groups -OCH3 is 1. The number of carboxylic acids is 1. The van der Waals surface area contributed by atoms with Crippen molar-refractivity contribution in [2.24, 2.45) is 0 Å². The molecule has 2 N–H and O–H groups in total. The summed E-state index contributed by atoms with van der Waals surface area (Å²) < 4.78 is 10.7. The number of benzene rings is 2. The molecule has 0 heterocycles. The summed E-state index contributed by atoms with van der Waals surface area (Å²) >= 11 is 0. The Morgan fingerprint density at radius 3 is 2.15 bits per heavy atom. The summed E-state index contributed by atoms with van der Waals surface area (Å²) in [6.45, 7) is 0.0196. The Bertz CT molecular complexity index is 1030. The highest BCUT2D eigenvalue weighted by atomic mass is 16.5. The van der Waals surface area contributed by atoms with E-state index in [1.807, 2.05) is 36.4 Å². The maximum Gasteiger partial charge on any atom is 0.407 e. The average Bonchev–Trinajstić information content (AvgIpc) is 3.46. The van der Waals surface area contributed by atoms with Crippen LogP contribution < -0.4 is 5.32 Å². The van der Waals surface area contributed by atoms with Crippen molar-refractivity contribution in [1.82, 2.24) is 10.2 Å². The van der Waals surface area contributed by atoms with E-state index in [1.54, 1.807) is 0 Å². The number of rotatable bonds is 8. The lowest BCUT2D eigenvalue weighted by molar-refractivity contribution is -0.158. The van der Waals surface area contributed by atoms with E-state index in [-0.39, 0.29) is 19.1 Å². The Kier molecular flexibility index (Phi) is 6.88. The van der Waals surface area contributed by atoms with Crippen molar-refractivity contribution in [3.63, 3.8) is 0 Å². The third-order valence-corrected chi connectivity index (χ3v) is 7.07. The van der Waals surface area contributed by atoms with Crippen LogP contribution in [0.25, 0.3) is 11.1 Å². The van der Waals surface area contributed by atoms with Crippen LogP contribution in [-0.4, -0.2) is 66.9 Å². The van der Waals surface area contributed by atoms with Gasteiger partial charge in [-0.2, -0.15) is 0 Å². The van der Waals surface area contributed by atoms with Crippen molar-refractivity contribution in [1.29, 1.82) is 0 Å². The molecule has 0 spiro atoms. The van der Waals surface area contributed by atoms with Crippen LogP contribution >= 0.6 is 0 Å². The van der Waals surface area contributed by atoms with Gasteiger partial charge in [0.05, 0.1) is 6.61 Å². The topological polar surface area (TPSA) is 105 Å². The van der Waals surface area contributed by atoms with E-state index in [1.165, 1.54) is 19.1 Å². The third-order valence-electron chi connectivity index (χ3n) is 7.07. The SMILES string of the molecule is COC[C@H](NC(=O)OCC1c2ccccc2-c2ccccc21)C(=O)N(C)C1(C(=O)O)CCCC1. The number of fused-ring (bicyclic) bond motifs is 3. The molecule has 8 heteroatoms. The molecule has 2 aliphatic rings. The van der Waals surface area contributed by atoms with Gasteiger partial charge < -0.3 is 24.8 Å². The predicted octanol–water partition coefficient (Wildman–Crippen LogP) is 3.40. The van der Waals surface area contributed by atoms with Crippen molar-refractivity contribution in [2.45, 2.75) is 43.2 Å². The summed E-state index contributed by atoms with van der Waals surface area (Å²) in [5.74, 6) is -1.65. The fourth-order valence-electron chi connectivity index (χ4n) is 5.22. The minimum absolute atomic E-state index is 0.0942. The predicted molar refractivity (Wildman–Crippen MR) is 125 cm³/mol. The van der Waals surface area contributed by atoms with Gasteiger partial charge >= 0.3 is 12.1 Å². The molecule has 0 saturated heterocycles. The normalized spacial score (nSPS) is 16.9. The second-order valence-corrected chi connectivity index (χ2v) is 8.92. The minimum Gasteiger partial charge on any atom is -0.479 e. The van der Waals surface area contributed by atoms with Crippen LogP contribution in [0.4, 0.5) is 4.79 Å². The molecule has 34 heavy (non-hydrogen) atoms. The Morgan fingerprint density at radius 2 is 1.62 bits per heavy atom. The zero-order chi connectivity index (χ0) is 24.3. The van der Waals surface area contributed by atoms with Gasteiger partial charge in [-0.15, -0.1) is 0 Å². The lowest BCUT2D eigenvalue weighted by atomic mass is 9.95. The van der Waals surface area contributed by atoms with E-state index in [0.29, 0.717) is 12.8 Å². The molecule has 1 saturated carbocycles. The summed E-state index contributed by atoms with van der Waals surface area (Å²) in [5.41, 5.74) is 3.16. The molecule has 180 valence electrons. The molecule has 4 rings (SSSR count). The van der Waals surface area contributed by atoms with E-state index in [0.717, 1.165) is 35.1 Å². The molecule has 2 aromatic carbocycles. The molecule has 0 aromatic heterocycles. The Hall–Kier alpha value is -3.39. The van der Waals surface area contributed by atoms with Gasteiger partial charge in [-0.25, -0.2) is 9.59 Å². The number of ether oxygens (including phenoxy) is 2. The van der Waals surface area contributed by atoms with Crippen molar-refractivity contribution < 1.29 is 29.0 Å². The van der Waals surface area contributed by atoms with E-state index in [2.05, 4.69) is 17.4 Å². The quantitative estimate of drug-likeness (QED) is 0.618. The summed E-state index contributed by atoms with van der Waals surface area (Å²) in [6.07, 6.45) is 1.49. The van der Waals surface area contributed by atoms with Gasteiger partial charge in [-0.3, -0.25) is 4.79 Å². The number of likely N-dealkylation sites (N-methyl/N-ethyl adjacent to an activating group) is 1. The first kappa shape index (κ1) is 23.8. The molecule has 2 amide bonds. The number of carboxylic acid groups (broad SMARTS) is 1. The van der Waals surface area contributed by atoms with Gasteiger partial charge in [0.2, 0.25) is 5.91 Å². The number of nitrogens with one attached hydrogen (secondary N) is 1. The molecule has 0 unspecified atom stereocenters. The molecule has 2 aliphatic carbocycles. The Balaban J connectivity index is 1.44. The fraction of sp³-hybridized carbons (Fsp3) is 0.423. The van der Waals surface area contributed by atoms with Gasteiger partial charge in [-0.05, 0) is 35.1 Å². The number of hydrogen-bond donors (Lipinski definition) is 2. The summed E-state index contributed by atoms with van der Waals surface area (Å²) in [4.78, 5) is 39.1. The molecule has 1 atom stereocenters.